The van der Waals surface area contributed by atoms with Gasteiger partial charge in [0.2, 0.25) is 0 Å². The van der Waals surface area contributed by atoms with E-state index in [-0.39, 0.29) is 17.5 Å². The molecule has 234 valence electrons. The van der Waals surface area contributed by atoms with Crippen LogP contribution in [0.3, 0.4) is 0 Å². The molecule has 5 aromatic rings. The zero-order valence-corrected chi connectivity index (χ0v) is 28.1. The second-order valence-electron chi connectivity index (χ2n) is 11.7. The molecule has 1 aliphatic heterocycles. The summed E-state index contributed by atoms with van der Waals surface area (Å²) in [7, 11) is 3.49. The van der Waals surface area contributed by atoms with Gasteiger partial charge in [0, 0.05) is 32.9 Å². The summed E-state index contributed by atoms with van der Waals surface area (Å²) >= 11 is 3.84. The molecule has 0 aliphatic carbocycles. The van der Waals surface area contributed by atoms with E-state index in [1.807, 2.05) is 35.2 Å². The van der Waals surface area contributed by atoms with Crippen molar-refractivity contribution in [2.24, 2.45) is 5.92 Å². The Morgan fingerprint density at radius 2 is 1.31 bits per heavy atom. The molecule has 1 saturated heterocycles. The minimum Gasteiger partial charge on any atom is -0.496 e. The van der Waals surface area contributed by atoms with Crippen LogP contribution in [0.1, 0.15) is 52.6 Å². The van der Waals surface area contributed by atoms with Crippen molar-refractivity contribution in [3.63, 3.8) is 0 Å². The lowest BCUT2D eigenvalue weighted by Crippen LogP contribution is -2.48. The average molecular weight is 639 g/mol. The van der Waals surface area contributed by atoms with Crippen LogP contribution in [0.25, 0.3) is 10.1 Å². The second kappa shape index (κ2) is 14.9. The van der Waals surface area contributed by atoms with Gasteiger partial charge in [0.15, 0.2) is 0 Å². The summed E-state index contributed by atoms with van der Waals surface area (Å²) in [6, 6.07) is 36.1. The first-order valence-electron chi connectivity index (χ1n) is 15.8. The standard InChI is InChI=1S/C39H42O4S2/c1-5-35-26(2)37(42-24-27-14-8-6-9-15-27)38(43-25-28-16-10-7-11-17-28)39(45-35)32-22-30(33(40-3)23-34(32)41-4)21-31-20-29-18-12-13-19-36(29)44-31/h6-20,22-23,26,35,37-39H,5,21,24-25H2,1-4H3/t26-,35-,37+,38-,39+/m1/s1. The van der Waals surface area contributed by atoms with Gasteiger partial charge in [-0.3, -0.25) is 0 Å². The molecule has 6 rings (SSSR count). The highest BCUT2D eigenvalue weighted by Crippen LogP contribution is 2.52. The maximum absolute atomic E-state index is 6.92. The molecule has 4 aromatic carbocycles. The molecule has 5 atom stereocenters. The zero-order chi connectivity index (χ0) is 31.2. The number of ether oxygens (including phenoxy) is 4. The molecule has 1 aliphatic rings. The van der Waals surface area contributed by atoms with E-state index in [9.17, 15) is 0 Å². The molecule has 0 bridgehead atoms. The summed E-state index contributed by atoms with van der Waals surface area (Å²) in [5, 5.41) is 1.70. The molecule has 1 fully saturated rings. The monoisotopic (exact) mass is 638 g/mol. The first kappa shape index (κ1) is 31.7. The summed E-state index contributed by atoms with van der Waals surface area (Å²) in [6.45, 7) is 5.67. The van der Waals surface area contributed by atoms with Gasteiger partial charge in [0.1, 0.15) is 17.6 Å². The Hall–Kier alpha value is -3.29. The normalized spacial score (nSPS) is 21.6. The predicted molar refractivity (Wildman–Crippen MR) is 188 cm³/mol. The van der Waals surface area contributed by atoms with Crippen molar-refractivity contribution in [2.75, 3.05) is 14.2 Å². The maximum atomic E-state index is 6.92. The van der Waals surface area contributed by atoms with Crippen molar-refractivity contribution in [3.8, 4) is 11.5 Å². The zero-order valence-electron chi connectivity index (χ0n) is 26.5. The summed E-state index contributed by atoms with van der Waals surface area (Å²) in [6.07, 6.45) is 1.55. The SMILES string of the molecule is CC[C@H]1S[C@@H](c2cc(Cc3cc4ccccc4s3)c(OC)cc2OC)[C@H](OCc2ccccc2)[C@@H](OCc2ccccc2)[C@@H]1C. The van der Waals surface area contributed by atoms with Crippen LogP contribution in [0, 0.1) is 5.92 Å². The average Bonchev–Trinajstić information content (AvgIpc) is 3.50. The highest BCUT2D eigenvalue weighted by molar-refractivity contribution is 8.00. The van der Waals surface area contributed by atoms with Gasteiger partial charge >= 0.3 is 0 Å². The number of rotatable bonds is 12. The second-order valence-corrected chi connectivity index (χ2v) is 14.3. The van der Waals surface area contributed by atoms with E-state index in [2.05, 4.69) is 105 Å². The smallest absolute Gasteiger partial charge is 0.126 e. The van der Waals surface area contributed by atoms with Gasteiger partial charge < -0.3 is 18.9 Å². The number of benzene rings is 4. The lowest BCUT2D eigenvalue weighted by Gasteiger charge is -2.45. The fraction of sp³-hybridized carbons (Fsp3) is 0.333. The molecule has 0 N–H and O–H groups in total. The minimum absolute atomic E-state index is 0.0117. The third kappa shape index (κ3) is 7.25. The van der Waals surface area contributed by atoms with E-state index in [1.54, 1.807) is 14.2 Å². The summed E-state index contributed by atoms with van der Waals surface area (Å²) in [5.41, 5.74) is 4.61. The number of fused-ring (bicyclic) bond motifs is 1. The third-order valence-electron chi connectivity index (χ3n) is 8.80. The molecule has 6 heteroatoms. The van der Waals surface area contributed by atoms with E-state index < -0.39 is 0 Å². The van der Waals surface area contributed by atoms with Crippen LogP contribution < -0.4 is 9.47 Å². The van der Waals surface area contributed by atoms with Crippen LogP contribution in [-0.4, -0.2) is 31.7 Å². The molecule has 0 amide bonds. The summed E-state index contributed by atoms with van der Waals surface area (Å²) < 4.78 is 27.1. The minimum atomic E-state index is -0.184. The first-order chi connectivity index (χ1) is 22.1. The Balaban J connectivity index is 1.39. The van der Waals surface area contributed by atoms with Crippen molar-refractivity contribution >= 4 is 33.2 Å². The highest BCUT2D eigenvalue weighted by Gasteiger charge is 2.46. The highest BCUT2D eigenvalue weighted by atomic mass is 32.2. The molecular formula is C39H42O4S2. The van der Waals surface area contributed by atoms with Gasteiger partial charge in [-0.25, -0.2) is 0 Å². The van der Waals surface area contributed by atoms with Gasteiger partial charge in [-0.2, -0.15) is 0 Å². The fourth-order valence-corrected chi connectivity index (χ4v) is 9.20. The van der Waals surface area contributed by atoms with E-state index in [0.29, 0.717) is 24.4 Å². The van der Waals surface area contributed by atoms with Crippen LogP contribution in [0.2, 0.25) is 0 Å². The molecule has 4 nitrogen and oxygen atoms in total. The van der Waals surface area contributed by atoms with Crippen molar-refractivity contribution in [2.45, 2.75) is 62.6 Å². The van der Waals surface area contributed by atoms with Crippen molar-refractivity contribution in [1.82, 2.24) is 0 Å². The van der Waals surface area contributed by atoms with Crippen LogP contribution in [-0.2, 0) is 29.1 Å². The first-order valence-corrected chi connectivity index (χ1v) is 17.5. The Kier molecular flexibility index (Phi) is 10.5. The van der Waals surface area contributed by atoms with E-state index in [4.69, 9.17) is 18.9 Å². The van der Waals surface area contributed by atoms with Gasteiger partial charge in [0.25, 0.3) is 0 Å². The summed E-state index contributed by atoms with van der Waals surface area (Å²) in [5.74, 6) is 1.97. The van der Waals surface area contributed by atoms with Crippen molar-refractivity contribution < 1.29 is 18.9 Å². The van der Waals surface area contributed by atoms with Crippen LogP contribution >= 0.6 is 23.1 Å². The topological polar surface area (TPSA) is 36.9 Å². The molecule has 45 heavy (non-hydrogen) atoms. The Labute approximate surface area is 275 Å². The summed E-state index contributed by atoms with van der Waals surface area (Å²) in [4.78, 5) is 1.31. The van der Waals surface area contributed by atoms with Crippen molar-refractivity contribution in [3.05, 3.63) is 130 Å². The Morgan fingerprint density at radius 1 is 0.689 bits per heavy atom. The third-order valence-corrected chi connectivity index (χ3v) is 11.8. The van der Waals surface area contributed by atoms with E-state index in [0.717, 1.165) is 41.0 Å². The molecule has 2 heterocycles. The van der Waals surface area contributed by atoms with Crippen LogP contribution in [0.15, 0.2) is 103 Å². The van der Waals surface area contributed by atoms with Crippen molar-refractivity contribution in [1.29, 1.82) is 0 Å². The lowest BCUT2D eigenvalue weighted by molar-refractivity contribution is -0.112. The van der Waals surface area contributed by atoms with Crippen LogP contribution in [0.5, 0.6) is 11.5 Å². The Bertz CT molecular complexity index is 1640. The van der Waals surface area contributed by atoms with E-state index in [1.165, 1.54) is 20.5 Å². The van der Waals surface area contributed by atoms with Gasteiger partial charge in [-0.05, 0) is 52.6 Å². The molecule has 0 radical (unpaired) electrons. The largest absolute Gasteiger partial charge is 0.496 e. The molecule has 0 unspecified atom stereocenters. The van der Waals surface area contributed by atoms with Gasteiger partial charge in [-0.15, -0.1) is 23.1 Å². The van der Waals surface area contributed by atoms with Gasteiger partial charge in [-0.1, -0.05) is 92.7 Å². The molecule has 0 saturated carbocycles. The lowest BCUT2D eigenvalue weighted by atomic mass is 9.88. The number of methoxy groups -OCH3 is 2. The van der Waals surface area contributed by atoms with Gasteiger partial charge in [0.05, 0.1) is 38.8 Å². The molecule has 0 spiro atoms. The molecule has 1 aromatic heterocycles. The predicted octanol–water partition coefficient (Wildman–Crippen LogP) is 9.88. The number of thiophene rings is 1. The quantitative estimate of drug-likeness (QED) is 0.136. The Morgan fingerprint density at radius 3 is 1.93 bits per heavy atom. The number of hydrogen-bond acceptors (Lipinski definition) is 6. The molecular weight excluding hydrogens is 597 g/mol. The maximum Gasteiger partial charge on any atom is 0.126 e. The van der Waals surface area contributed by atoms with E-state index >= 15 is 0 Å². The number of hydrogen-bond donors (Lipinski definition) is 0. The number of thioether (sulfide) groups is 1. The van der Waals surface area contributed by atoms with Crippen LogP contribution in [0.4, 0.5) is 0 Å². The fourth-order valence-electron chi connectivity index (χ4n) is 6.42.